The van der Waals surface area contributed by atoms with Crippen LogP contribution in [-0.4, -0.2) is 19.7 Å². The van der Waals surface area contributed by atoms with E-state index in [1.807, 2.05) is 28.3 Å². The van der Waals surface area contributed by atoms with Crippen LogP contribution in [0.2, 0.25) is 0 Å². The second kappa shape index (κ2) is 6.45. The number of pyridine rings is 1. The van der Waals surface area contributed by atoms with E-state index in [1.54, 1.807) is 18.3 Å². The summed E-state index contributed by atoms with van der Waals surface area (Å²) < 4.78 is 1.89. The summed E-state index contributed by atoms with van der Waals surface area (Å²) in [4.78, 5) is 4.21. The normalized spacial score (nSPS) is 11.7. The third-order valence-corrected chi connectivity index (χ3v) is 4.22. The molecule has 2 aromatic rings. The zero-order valence-electron chi connectivity index (χ0n) is 12.5. The Morgan fingerprint density at radius 2 is 2.00 bits per heavy atom. The summed E-state index contributed by atoms with van der Waals surface area (Å²) in [5.74, 6) is 0.229. The molecule has 4 nitrogen and oxygen atoms in total. The van der Waals surface area contributed by atoms with Gasteiger partial charge in [-0.1, -0.05) is 12.1 Å². The van der Waals surface area contributed by atoms with Gasteiger partial charge in [0.25, 0.3) is 0 Å². The molecule has 2 rings (SSSR count). The first kappa shape index (κ1) is 15.8. The van der Waals surface area contributed by atoms with Gasteiger partial charge in [-0.25, -0.2) is 0 Å². The molecule has 0 saturated heterocycles. The molecule has 1 heterocycles. The summed E-state index contributed by atoms with van der Waals surface area (Å²) in [7, 11) is 0. The molecule has 1 aromatic carbocycles. The lowest BCUT2D eigenvalue weighted by Gasteiger charge is -2.30. The van der Waals surface area contributed by atoms with E-state index >= 15 is 0 Å². The molecular formula is C16H20BrN3O. The Hall–Kier alpha value is -1.59. The van der Waals surface area contributed by atoms with Gasteiger partial charge >= 0.3 is 0 Å². The highest BCUT2D eigenvalue weighted by Gasteiger charge is 2.18. The molecule has 5 heteroatoms. The van der Waals surface area contributed by atoms with Gasteiger partial charge in [-0.15, -0.1) is 0 Å². The number of benzene rings is 1. The largest absolute Gasteiger partial charge is 0.506 e. The number of nitrogens with zero attached hydrogens (tertiary/aromatic N) is 2. The van der Waals surface area contributed by atoms with Crippen molar-refractivity contribution in [3.8, 4) is 5.75 Å². The molecule has 112 valence electrons. The van der Waals surface area contributed by atoms with Crippen LogP contribution in [0, 0.1) is 0 Å². The van der Waals surface area contributed by atoms with Crippen LogP contribution in [0.15, 0.2) is 42.6 Å². The predicted octanol–water partition coefficient (Wildman–Crippen LogP) is 4.12. The van der Waals surface area contributed by atoms with Gasteiger partial charge in [0.05, 0.1) is 11.4 Å². The van der Waals surface area contributed by atoms with Gasteiger partial charge in [0, 0.05) is 34.3 Å². The Balaban J connectivity index is 2.13. The number of aromatic nitrogens is 1. The van der Waals surface area contributed by atoms with Crippen LogP contribution in [0.25, 0.3) is 0 Å². The summed E-state index contributed by atoms with van der Waals surface area (Å²) in [6.45, 7) is 6.31. The standard InChI is InChI=1S/C16H20BrN3O/c1-16(2,3)20(17)19-13-7-4-6-12(10-13)11-14-15(21)8-5-9-18-14/h4-10,19,21H,11H2,1-3H3. The lowest BCUT2D eigenvalue weighted by Crippen LogP contribution is -2.37. The van der Waals surface area contributed by atoms with Gasteiger partial charge in [0.15, 0.2) is 0 Å². The number of hydrazine groups is 1. The van der Waals surface area contributed by atoms with Crippen LogP contribution in [0.1, 0.15) is 32.0 Å². The fourth-order valence-corrected chi connectivity index (χ4v) is 2.00. The second-order valence-corrected chi connectivity index (χ2v) is 6.62. The van der Waals surface area contributed by atoms with E-state index in [-0.39, 0.29) is 11.3 Å². The third kappa shape index (κ3) is 4.44. The molecule has 21 heavy (non-hydrogen) atoms. The van der Waals surface area contributed by atoms with E-state index in [1.165, 1.54) is 0 Å². The van der Waals surface area contributed by atoms with E-state index in [2.05, 4.69) is 47.3 Å². The van der Waals surface area contributed by atoms with E-state index in [4.69, 9.17) is 0 Å². The topological polar surface area (TPSA) is 48.4 Å². The number of halogens is 1. The molecule has 0 fully saturated rings. The molecule has 2 N–H and O–H groups in total. The highest BCUT2D eigenvalue weighted by Crippen LogP contribution is 2.23. The van der Waals surface area contributed by atoms with Crippen molar-refractivity contribution in [1.29, 1.82) is 0 Å². The van der Waals surface area contributed by atoms with Crippen LogP contribution < -0.4 is 5.43 Å². The van der Waals surface area contributed by atoms with Crippen molar-refractivity contribution in [1.82, 2.24) is 9.02 Å². The Morgan fingerprint density at radius 1 is 1.24 bits per heavy atom. The molecule has 0 radical (unpaired) electrons. The summed E-state index contributed by atoms with van der Waals surface area (Å²) in [5, 5.41) is 9.80. The molecule has 1 aromatic heterocycles. The Bertz CT molecular complexity index is 610. The first-order valence-corrected chi connectivity index (χ1v) is 7.51. The Kier molecular flexibility index (Phi) is 4.85. The lowest BCUT2D eigenvalue weighted by molar-refractivity contribution is 0.328. The van der Waals surface area contributed by atoms with Gasteiger partial charge < -0.3 is 10.5 Å². The van der Waals surface area contributed by atoms with Crippen LogP contribution >= 0.6 is 16.1 Å². The average Bonchev–Trinajstić information content (AvgIpc) is 2.41. The molecule has 0 aliphatic heterocycles. The molecule has 0 unspecified atom stereocenters. The number of hydrogen-bond acceptors (Lipinski definition) is 4. The van der Waals surface area contributed by atoms with Gasteiger partial charge in [0.1, 0.15) is 5.75 Å². The number of aromatic hydroxyl groups is 1. The smallest absolute Gasteiger partial charge is 0.137 e. The summed E-state index contributed by atoms with van der Waals surface area (Å²) in [6, 6.07) is 11.4. The molecule has 0 bridgehead atoms. The minimum atomic E-state index is -0.0464. The molecule has 0 aliphatic carbocycles. The molecule has 0 aliphatic rings. The molecule has 0 amide bonds. The summed E-state index contributed by atoms with van der Waals surface area (Å²) >= 11 is 3.51. The van der Waals surface area contributed by atoms with Crippen LogP contribution in [-0.2, 0) is 6.42 Å². The third-order valence-electron chi connectivity index (χ3n) is 2.98. The number of hydrogen-bond donors (Lipinski definition) is 2. The van der Waals surface area contributed by atoms with Crippen LogP contribution in [0.5, 0.6) is 5.75 Å². The number of rotatable bonds is 4. The SMILES string of the molecule is CC(C)(C)N(Br)Nc1cccc(Cc2ncccc2O)c1. The maximum Gasteiger partial charge on any atom is 0.137 e. The molecule has 0 spiro atoms. The molecular weight excluding hydrogens is 330 g/mol. The Labute approximate surface area is 134 Å². The van der Waals surface area contributed by atoms with Gasteiger partial charge in [-0.05, 0) is 50.6 Å². The second-order valence-electron chi connectivity index (χ2n) is 5.91. The highest BCUT2D eigenvalue weighted by molar-refractivity contribution is 9.07. The average molecular weight is 350 g/mol. The maximum absolute atomic E-state index is 9.80. The Morgan fingerprint density at radius 3 is 2.67 bits per heavy atom. The summed E-state index contributed by atoms with van der Waals surface area (Å²) in [6.07, 6.45) is 2.29. The van der Waals surface area contributed by atoms with E-state index < -0.39 is 0 Å². The zero-order valence-corrected chi connectivity index (χ0v) is 14.1. The monoisotopic (exact) mass is 349 g/mol. The fourth-order valence-electron chi connectivity index (χ4n) is 1.79. The zero-order chi connectivity index (χ0) is 15.5. The highest BCUT2D eigenvalue weighted by atomic mass is 79.9. The minimum Gasteiger partial charge on any atom is -0.506 e. The minimum absolute atomic E-state index is 0.0464. The van der Waals surface area contributed by atoms with E-state index in [0.717, 1.165) is 11.3 Å². The van der Waals surface area contributed by atoms with Crippen molar-refractivity contribution >= 4 is 21.8 Å². The first-order valence-electron chi connectivity index (χ1n) is 6.81. The quantitative estimate of drug-likeness (QED) is 0.643. The van der Waals surface area contributed by atoms with Crippen molar-refractivity contribution < 1.29 is 5.11 Å². The van der Waals surface area contributed by atoms with Crippen molar-refractivity contribution in [2.75, 3.05) is 5.43 Å². The van der Waals surface area contributed by atoms with E-state index in [0.29, 0.717) is 12.1 Å². The van der Waals surface area contributed by atoms with Gasteiger partial charge in [0.2, 0.25) is 0 Å². The summed E-state index contributed by atoms with van der Waals surface area (Å²) in [5.41, 5.74) is 5.99. The first-order chi connectivity index (χ1) is 9.86. The van der Waals surface area contributed by atoms with Crippen LogP contribution in [0.4, 0.5) is 5.69 Å². The predicted molar refractivity (Wildman–Crippen MR) is 89.3 cm³/mol. The van der Waals surface area contributed by atoms with Gasteiger partial charge in [-0.3, -0.25) is 4.98 Å². The van der Waals surface area contributed by atoms with Crippen molar-refractivity contribution in [2.45, 2.75) is 32.7 Å². The number of anilines is 1. The molecule has 0 atom stereocenters. The van der Waals surface area contributed by atoms with Crippen molar-refractivity contribution in [3.63, 3.8) is 0 Å². The molecule has 0 saturated carbocycles. The van der Waals surface area contributed by atoms with Gasteiger partial charge in [-0.2, -0.15) is 4.03 Å². The van der Waals surface area contributed by atoms with E-state index in [9.17, 15) is 5.11 Å². The number of nitrogens with one attached hydrogen (secondary N) is 1. The maximum atomic E-state index is 9.80. The van der Waals surface area contributed by atoms with Crippen molar-refractivity contribution in [3.05, 3.63) is 53.9 Å². The van der Waals surface area contributed by atoms with Crippen molar-refractivity contribution in [2.24, 2.45) is 0 Å². The van der Waals surface area contributed by atoms with Crippen LogP contribution in [0.3, 0.4) is 0 Å². The lowest BCUT2D eigenvalue weighted by atomic mass is 10.1. The fraction of sp³-hybridized carbons (Fsp3) is 0.312.